The molecule has 0 saturated heterocycles. The molecule has 0 spiro atoms. The molecule has 0 aliphatic carbocycles. The van der Waals surface area contributed by atoms with Crippen LogP contribution in [0.2, 0.25) is 0 Å². The van der Waals surface area contributed by atoms with Crippen molar-refractivity contribution in [3.63, 3.8) is 0 Å². The van der Waals surface area contributed by atoms with Crippen molar-refractivity contribution in [2.45, 2.75) is 83.8 Å². The Balaban J connectivity index is 2.51. The average molecular weight is 293 g/mol. The summed E-state index contributed by atoms with van der Waals surface area (Å²) in [6, 6.07) is 7.15. The third-order valence-electron chi connectivity index (χ3n) is 3.93. The van der Waals surface area contributed by atoms with Crippen LogP contribution in [0.25, 0.3) is 0 Å². The highest BCUT2D eigenvalue weighted by Gasteiger charge is 2.01. The Bertz CT molecular complexity index is 327. The summed E-state index contributed by atoms with van der Waals surface area (Å²) in [6.45, 7) is 4.55. The van der Waals surface area contributed by atoms with Gasteiger partial charge in [-0.1, -0.05) is 70.6 Å². The maximum atomic E-state index is 4.45. The zero-order chi connectivity index (χ0) is 14.6. The van der Waals surface area contributed by atoms with Gasteiger partial charge in [-0.2, -0.15) is 12.6 Å². The van der Waals surface area contributed by atoms with Gasteiger partial charge in [0.2, 0.25) is 0 Å². The molecule has 0 atom stereocenters. The van der Waals surface area contributed by atoms with Crippen molar-refractivity contribution in [1.82, 2.24) is 0 Å². The summed E-state index contributed by atoms with van der Waals surface area (Å²) in [6.07, 6.45) is 13.3. The highest BCUT2D eigenvalue weighted by Crippen LogP contribution is 2.17. The van der Waals surface area contributed by atoms with E-state index in [1.165, 1.54) is 80.9 Å². The van der Waals surface area contributed by atoms with Crippen molar-refractivity contribution >= 4 is 12.6 Å². The number of aryl methyl sites for hydroxylation is 2. The summed E-state index contributed by atoms with van der Waals surface area (Å²) in [5, 5.41) is 0. The molecule has 1 rings (SSSR count). The Hall–Kier alpha value is -0.430. The smallest absolute Gasteiger partial charge is 0.0154 e. The van der Waals surface area contributed by atoms with E-state index in [0.29, 0.717) is 0 Å². The monoisotopic (exact) mass is 292 g/mol. The number of thiol groups is 1. The molecule has 0 N–H and O–H groups in total. The third kappa shape index (κ3) is 7.38. The molecule has 0 fully saturated rings. The lowest BCUT2D eigenvalue weighted by atomic mass is 9.98. The van der Waals surface area contributed by atoms with E-state index in [9.17, 15) is 0 Å². The Morgan fingerprint density at radius 2 is 1.10 bits per heavy atom. The summed E-state index contributed by atoms with van der Waals surface area (Å²) in [7, 11) is 0. The first-order chi connectivity index (χ1) is 9.80. The fourth-order valence-corrected chi connectivity index (χ4v) is 2.91. The Kier molecular flexibility index (Phi) is 9.92. The molecule has 0 aliphatic rings. The van der Waals surface area contributed by atoms with Gasteiger partial charge in [0.15, 0.2) is 0 Å². The summed E-state index contributed by atoms with van der Waals surface area (Å²) in [5.41, 5.74) is 4.45. The molecule has 0 amide bonds. The molecule has 0 aliphatic heterocycles. The number of unbranched alkanes of at least 4 members (excludes halogenated alkanes) is 6. The number of benzene rings is 1. The summed E-state index contributed by atoms with van der Waals surface area (Å²) in [5.74, 6) is 0.866. The molecular weight excluding hydrogens is 260 g/mol. The molecule has 0 aromatic heterocycles. The summed E-state index contributed by atoms with van der Waals surface area (Å²) < 4.78 is 0. The van der Waals surface area contributed by atoms with E-state index < -0.39 is 0 Å². The van der Waals surface area contributed by atoms with E-state index in [4.69, 9.17) is 0 Å². The van der Waals surface area contributed by atoms with Gasteiger partial charge < -0.3 is 0 Å². The van der Waals surface area contributed by atoms with Gasteiger partial charge in [-0.05, 0) is 42.4 Å². The second kappa shape index (κ2) is 11.3. The lowest BCUT2D eigenvalue weighted by Crippen LogP contribution is -1.94. The molecule has 1 aromatic carbocycles. The number of hydrogen-bond acceptors (Lipinski definition) is 1. The highest BCUT2D eigenvalue weighted by molar-refractivity contribution is 7.79. The van der Waals surface area contributed by atoms with Gasteiger partial charge in [-0.15, -0.1) is 0 Å². The second-order valence-corrected chi connectivity index (χ2v) is 6.25. The summed E-state index contributed by atoms with van der Waals surface area (Å²) in [4.78, 5) is 0. The molecule has 0 radical (unpaired) electrons. The molecule has 114 valence electrons. The molecule has 0 unspecified atom stereocenters. The molecule has 0 nitrogen and oxygen atoms in total. The van der Waals surface area contributed by atoms with Crippen molar-refractivity contribution in [3.8, 4) is 0 Å². The summed E-state index contributed by atoms with van der Waals surface area (Å²) >= 11 is 4.45. The van der Waals surface area contributed by atoms with E-state index in [1.807, 2.05) is 0 Å². The third-order valence-corrected chi connectivity index (χ3v) is 4.30. The lowest BCUT2D eigenvalue weighted by Gasteiger charge is -2.09. The van der Waals surface area contributed by atoms with Crippen LogP contribution in [0.15, 0.2) is 18.2 Å². The maximum Gasteiger partial charge on any atom is 0.0154 e. The fraction of sp³-hybridized carbons (Fsp3) is 0.684. The first-order valence-electron chi connectivity index (χ1n) is 8.52. The predicted molar refractivity (Wildman–Crippen MR) is 94.8 cm³/mol. The predicted octanol–water partition coefficient (Wildman–Crippen LogP) is 6.36. The van der Waals surface area contributed by atoms with E-state index in [2.05, 4.69) is 44.7 Å². The molecule has 1 aromatic rings. The van der Waals surface area contributed by atoms with E-state index in [-0.39, 0.29) is 0 Å². The quantitative estimate of drug-likeness (QED) is 0.356. The van der Waals surface area contributed by atoms with Crippen molar-refractivity contribution in [2.24, 2.45) is 0 Å². The molecule has 1 heteroatoms. The molecule has 0 heterocycles. The van der Waals surface area contributed by atoms with E-state index in [0.717, 1.165) is 5.75 Å². The molecular formula is C19H32S. The van der Waals surface area contributed by atoms with Gasteiger partial charge in [0.05, 0.1) is 0 Å². The van der Waals surface area contributed by atoms with Crippen LogP contribution in [-0.4, -0.2) is 0 Å². The van der Waals surface area contributed by atoms with Crippen LogP contribution >= 0.6 is 12.6 Å². The lowest BCUT2D eigenvalue weighted by molar-refractivity contribution is 0.661. The Morgan fingerprint density at radius 1 is 0.650 bits per heavy atom. The van der Waals surface area contributed by atoms with Gasteiger partial charge in [0, 0.05) is 5.75 Å². The van der Waals surface area contributed by atoms with Crippen LogP contribution in [0.5, 0.6) is 0 Å². The van der Waals surface area contributed by atoms with Crippen LogP contribution in [0.4, 0.5) is 0 Å². The van der Waals surface area contributed by atoms with Gasteiger partial charge in [-0.25, -0.2) is 0 Å². The maximum absolute atomic E-state index is 4.45. The SMILES string of the molecule is CCCCCCc1cc(CS)cc(CCCCCC)c1. The second-order valence-electron chi connectivity index (χ2n) is 5.94. The minimum atomic E-state index is 0.866. The molecule has 20 heavy (non-hydrogen) atoms. The number of hydrogen-bond donors (Lipinski definition) is 1. The zero-order valence-corrected chi connectivity index (χ0v) is 14.4. The first-order valence-corrected chi connectivity index (χ1v) is 9.16. The van der Waals surface area contributed by atoms with Crippen LogP contribution < -0.4 is 0 Å². The van der Waals surface area contributed by atoms with Gasteiger partial charge in [-0.3, -0.25) is 0 Å². The van der Waals surface area contributed by atoms with Crippen LogP contribution in [0.3, 0.4) is 0 Å². The van der Waals surface area contributed by atoms with Crippen molar-refractivity contribution in [3.05, 3.63) is 34.9 Å². The highest BCUT2D eigenvalue weighted by atomic mass is 32.1. The van der Waals surface area contributed by atoms with E-state index >= 15 is 0 Å². The Morgan fingerprint density at radius 3 is 1.50 bits per heavy atom. The van der Waals surface area contributed by atoms with E-state index in [1.54, 1.807) is 0 Å². The van der Waals surface area contributed by atoms with Gasteiger partial charge in [0.25, 0.3) is 0 Å². The van der Waals surface area contributed by atoms with Crippen LogP contribution in [0, 0.1) is 0 Å². The Labute approximate surface area is 131 Å². The van der Waals surface area contributed by atoms with Crippen LogP contribution in [-0.2, 0) is 18.6 Å². The van der Waals surface area contributed by atoms with Crippen molar-refractivity contribution < 1.29 is 0 Å². The van der Waals surface area contributed by atoms with Gasteiger partial charge in [0.1, 0.15) is 0 Å². The van der Waals surface area contributed by atoms with Gasteiger partial charge >= 0.3 is 0 Å². The minimum Gasteiger partial charge on any atom is -0.175 e. The number of rotatable bonds is 11. The van der Waals surface area contributed by atoms with Crippen molar-refractivity contribution in [1.29, 1.82) is 0 Å². The minimum absolute atomic E-state index is 0.866. The largest absolute Gasteiger partial charge is 0.175 e. The normalized spacial score (nSPS) is 10.9. The molecule has 0 bridgehead atoms. The standard InChI is InChI=1S/C19H32S/c1-3-5-7-9-11-17-13-18(12-10-8-6-4-2)15-19(14-17)16-20/h13-15,20H,3-12,16H2,1-2H3. The molecule has 0 saturated carbocycles. The van der Waals surface area contributed by atoms with Crippen LogP contribution in [0.1, 0.15) is 81.9 Å². The first kappa shape index (κ1) is 17.6. The van der Waals surface area contributed by atoms with Crippen molar-refractivity contribution in [2.75, 3.05) is 0 Å². The zero-order valence-electron chi connectivity index (χ0n) is 13.5. The average Bonchev–Trinajstić information content (AvgIpc) is 2.48. The topological polar surface area (TPSA) is 0 Å². The fourth-order valence-electron chi connectivity index (χ4n) is 2.73.